The van der Waals surface area contributed by atoms with Gasteiger partial charge < -0.3 is 9.84 Å². The van der Waals surface area contributed by atoms with Crippen LogP contribution in [0.5, 0.6) is 5.75 Å². The number of methoxy groups -OCH3 is 1. The van der Waals surface area contributed by atoms with Gasteiger partial charge in [-0.1, -0.05) is 13.8 Å². The maximum absolute atomic E-state index is 13.0. The van der Waals surface area contributed by atoms with E-state index in [1.54, 1.807) is 13.8 Å². The zero-order valence-electron chi connectivity index (χ0n) is 9.53. The lowest BCUT2D eigenvalue weighted by atomic mass is 9.97. The van der Waals surface area contributed by atoms with E-state index in [2.05, 4.69) is 0 Å². The Labute approximate surface area is 93.9 Å². The molecular formula is C12H15FO3. The Bertz CT molecular complexity index is 388. The molecule has 0 aliphatic rings. The summed E-state index contributed by atoms with van der Waals surface area (Å²) in [6, 6.07) is 3.65. The molecule has 0 spiro atoms. The standard InChI is InChI=1S/C12H15FO3/c1-7(2)11(14)12(15)9-6-8(13)4-5-10(9)16-3/h4-7,11,14H,1-3H3. The van der Waals surface area contributed by atoms with E-state index in [0.717, 1.165) is 6.07 Å². The molecule has 1 rings (SSSR count). The van der Waals surface area contributed by atoms with Crippen molar-refractivity contribution in [1.29, 1.82) is 0 Å². The highest BCUT2D eigenvalue weighted by atomic mass is 19.1. The number of benzene rings is 1. The van der Waals surface area contributed by atoms with Gasteiger partial charge in [0.15, 0.2) is 5.78 Å². The molecule has 0 heterocycles. The van der Waals surface area contributed by atoms with Crippen molar-refractivity contribution in [1.82, 2.24) is 0 Å². The van der Waals surface area contributed by atoms with E-state index in [-0.39, 0.29) is 17.2 Å². The first-order valence-electron chi connectivity index (χ1n) is 5.03. The van der Waals surface area contributed by atoms with Gasteiger partial charge in [-0.25, -0.2) is 4.39 Å². The quantitative estimate of drug-likeness (QED) is 0.799. The summed E-state index contributed by atoms with van der Waals surface area (Å²) in [5.74, 6) is -1.00. The maximum Gasteiger partial charge on any atom is 0.195 e. The first-order valence-corrected chi connectivity index (χ1v) is 5.03. The Morgan fingerprint density at radius 2 is 2.06 bits per heavy atom. The maximum atomic E-state index is 13.0. The van der Waals surface area contributed by atoms with Gasteiger partial charge in [0.1, 0.15) is 17.7 Å². The number of ether oxygens (including phenoxy) is 1. The van der Waals surface area contributed by atoms with Gasteiger partial charge in [0.25, 0.3) is 0 Å². The van der Waals surface area contributed by atoms with Crippen LogP contribution in [0.2, 0.25) is 0 Å². The first kappa shape index (κ1) is 12.6. The molecule has 0 aliphatic heterocycles. The summed E-state index contributed by atoms with van der Waals surface area (Å²) >= 11 is 0. The van der Waals surface area contributed by atoms with Crippen LogP contribution in [-0.2, 0) is 0 Å². The Kier molecular flexibility index (Phi) is 4.01. The van der Waals surface area contributed by atoms with Gasteiger partial charge in [0, 0.05) is 0 Å². The summed E-state index contributed by atoms with van der Waals surface area (Å²) in [6.07, 6.45) is -1.14. The van der Waals surface area contributed by atoms with Gasteiger partial charge in [0.05, 0.1) is 12.7 Å². The third-order valence-electron chi connectivity index (χ3n) is 2.33. The Balaban J connectivity index is 3.11. The van der Waals surface area contributed by atoms with Crippen molar-refractivity contribution in [2.45, 2.75) is 20.0 Å². The normalized spacial score (nSPS) is 12.6. The number of Topliss-reactive ketones (excluding diaryl/α,β-unsaturated/α-hetero) is 1. The second-order valence-electron chi connectivity index (χ2n) is 3.90. The number of aliphatic hydroxyl groups excluding tert-OH is 1. The minimum Gasteiger partial charge on any atom is -0.496 e. The first-order chi connectivity index (χ1) is 7.47. The second kappa shape index (κ2) is 5.07. The molecule has 0 fully saturated rings. The van der Waals surface area contributed by atoms with Gasteiger partial charge in [-0.2, -0.15) is 0 Å². The van der Waals surface area contributed by atoms with E-state index >= 15 is 0 Å². The van der Waals surface area contributed by atoms with Gasteiger partial charge in [-0.05, 0) is 24.1 Å². The molecule has 1 N–H and O–H groups in total. The van der Waals surface area contributed by atoms with Crippen molar-refractivity contribution < 1.29 is 19.0 Å². The van der Waals surface area contributed by atoms with Crippen molar-refractivity contribution in [3.63, 3.8) is 0 Å². The van der Waals surface area contributed by atoms with Crippen LogP contribution in [0.4, 0.5) is 4.39 Å². The van der Waals surface area contributed by atoms with E-state index in [9.17, 15) is 14.3 Å². The molecule has 1 unspecified atom stereocenters. The molecule has 0 aliphatic carbocycles. The zero-order valence-corrected chi connectivity index (χ0v) is 9.53. The number of ketones is 1. The predicted molar refractivity (Wildman–Crippen MR) is 58.1 cm³/mol. The van der Waals surface area contributed by atoms with E-state index in [1.807, 2.05) is 0 Å². The largest absolute Gasteiger partial charge is 0.496 e. The summed E-state index contributed by atoms with van der Waals surface area (Å²) in [4.78, 5) is 11.8. The lowest BCUT2D eigenvalue weighted by molar-refractivity contribution is 0.0644. The van der Waals surface area contributed by atoms with Gasteiger partial charge >= 0.3 is 0 Å². The summed E-state index contributed by atoms with van der Waals surface area (Å²) in [5.41, 5.74) is 0.0729. The highest BCUT2D eigenvalue weighted by Crippen LogP contribution is 2.22. The highest BCUT2D eigenvalue weighted by molar-refractivity contribution is 6.01. The van der Waals surface area contributed by atoms with E-state index in [1.165, 1.54) is 19.2 Å². The van der Waals surface area contributed by atoms with Crippen molar-refractivity contribution >= 4 is 5.78 Å². The molecule has 16 heavy (non-hydrogen) atoms. The molecule has 3 nitrogen and oxygen atoms in total. The number of aliphatic hydroxyl groups is 1. The van der Waals surface area contributed by atoms with E-state index in [0.29, 0.717) is 0 Å². The lowest BCUT2D eigenvalue weighted by Crippen LogP contribution is -2.26. The van der Waals surface area contributed by atoms with Crippen LogP contribution in [0.3, 0.4) is 0 Å². The van der Waals surface area contributed by atoms with Crippen LogP contribution in [0.1, 0.15) is 24.2 Å². The molecule has 4 heteroatoms. The molecule has 0 radical (unpaired) electrons. The van der Waals surface area contributed by atoms with Crippen molar-refractivity contribution in [2.75, 3.05) is 7.11 Å². The summed E-state index contributed by atoms with van der Waals surface area (Å²) in [6.45, 7) is 3.43. The molecule has 0 saturated heterocycles. The van der Waals surface area contributed by atoms with Crippen molar-refractivity contribution in [3.8, 4) is 5.75 Å². The fourth-order valence-corrected chi connectivity index (χ4v) is 1.33. The summed E-state index contributed by atoms with van der Waals surface area (Å²) in [7, 11) is 1.39. The smallest absolute Gasteiger partial charge is 0.195 e. The summed E-state index contributed by atoms with van der Waals surface area (Å²) < 4.78 is 18.0. The van der Waals surface area contributed by atoms with Gasteiger partial charge in [-0.15, -0.1) is 0 Å². The van der Waals surface area contributed by atoms with Gasteiger partial charge in [0.2, 0.25) is 0 Å². The molecular weight excluding hydrogens is 211 g/mol. The minimum absolute atomic E-state index is 0.0729. The molecule has 1 aromatic rings. The van der Waals surface area contributed by atoms with E-state index in [4.69, 9.17) is 4.74 Å². The number of hydrogen-bond donors (Lipinski definition) is 1. The number of hydrogen-bond acceptors (Lipinski definition) is 3. The molecule has 0 aromatic heterocycles. The van der Waals surface area contributed by atoms with Crippen LogP contribution in [-0.4, -0.2) is 24.1 Å². The summed E-state index contributed by atoms with van der Waals surface area (Å²) in [5, 5.41) is 9.63. The average molecular weight is 226 g/mol. The topological polar surface area (TPSA) is 46.5 Å². The Hall–Kier alpha value is -1.42. The highest BCUT2D eigenvalue weighted by Gasteiger charge is 2.23. The number of carbonyl (C=O) groups is 1. The zero-order chi connectivity index (χ0) is 12.3. The molecule has 0 saturated carbocycles. The molecule has 0 amide bonds. The fourth-order valence-electron chi connectivity index (χ4n) is 1.33. The predicted octanol–water partition coefficient (Wildman–Crippen LogP) is 2.03. The molecule has 0 bridgehead atoms. The van der Waals surface area contributed by atoms with Crippen molar-refractivity contribution in [2.24, 2.45) is 5.92 Å². The average Bonchev–Trinajstić information content (AvgIpc) is 2.26. The number of halogens is 1. The van der Waals surface area contributed by atoms with E-state index < -0.39 is 17.7 Å². The Morgan fingerprint density at radius 3 is 2.56 bits per heavy atom. The molecule has 1 atom stereocenters. The van der Waals surface area contributed by atoms with Crippen LogP contribution < -0.4 is 4.74 Å². The van der Waals surface area contributed by atoms with Crippen LogP contribution >= 0.6 is 0 Å². The fraction of sp³-hybridized carbons (Fsp3) is 0.417. The molecule has 88 valence electrons. The molecule has 1 aromatic carbocycles. The van der Waals surface area contributed by atoms with Crippen LogP contribution in [0.15, 0.2) is 18.2 Å². The SMILES string of the molecule is COc1ccc(F)cc1C(=O)C(O)C(C)C. The second-order valence-corrected chi connectivity index (χ2v) is 3.90. The lowest BCUT2D eigenvalue weighted by Gasteiger charge is -2.15. The van der Waals surface area contributed by atoms with Crippen LogP contribution in [0.25, 0.3) is 0 Å². The third kappa shape index (κ3) is 2.58. The third-order valence-corrected chi connectivity index (χ3v) is 2.33. The number of rotatable bonds is 4. The van der Waals surface area contributed by atoms with Crippen LogP contribution in [0, 0.1) is 11.7 Å². The van der Waals surface area contributed by atoms with Gasteiger partial charge in [-0.3, -0.25) is 4.79 Å². The monoisotopic (exact) mass is 226 g/mol. The minimum atomic E-state index is -1.14. The number of carbonyl (C=O) groups excluding carboxylic acids is 1. The Morgan fingerprint density at radius 1 is 1.44 bits per heavy atom. The van der Waals surface area contributed by atoms with Crippen molar-refractivity contribution in [3.05, 3.63) is 29.6 Å².